The van der Waals surface area contributed by atoms with Crippen molar-refractivity contribution in [3.63, 3.8) is 0 Å². The molecule has 1 aliphatic heterocycles. The summed E-state index contributed by atoms with van der Waals surface area (Å²) in [5.41, 5.74) is 0.772. The van der Waals surface area contributed by atoms with Gasteiger partial charge in [0.2, 0.25) is 0 Å². The second kappa shape index (κ2) is 5.61. The quantitative estimate of drug-likeness (QED) is 0.872. The Morgan fingerprint density at radius 3 is 2.82 bits per heavy atom. The normalized spacial score (nSPS) is 26.8. The largest absolute Gasteiger partial charge is 0.381 e. The summed E-state index contributed by atoms with van der Waals surface area (Å²) < 4.78 is 19.3. The van der Waals surface area contributed by atoms with Crippen molar-refractivity contribution in [1.82, 2.24) is 5.32 Å². The van der Waals surface area contributed by atoms with E-state index in [4.69, 9.17) is 4.74 Å². The van der Waals surface area contributed by atoms with Gasteiger partial charge in [0.15, 0.2) is 0 Å². The molecule has 0 aliphatic carbocycles. The molecule has 1 heterocycles. The van der Waals surface area contributed by atoms with Gasteiger partial charge in [-0.25, -0.2) is 4.39 Å². The molecule has 0 bridgehead atoms. The predicted molar refractivity (Wildman–Crippen MR) is 66.3 cm³/mol. The zero-order valence-corrected chi connectivity index (χ0v) is 10.4. The van der Waals surface area contributed by atoms with Crippen LogP contribution in [0.3, 0.4) is 0 Å². The van der Waals surface area contributed by atoms with E-state index in [1.165, 1.54) is 6.07 Å². The van der Waals surface area contributed by atoms with Crippen LogP contribution in [0.5, 0.6) is 0 Å². The highest BCUT2D eigenvalue weighted by molar-refractivity contribution is 5.22. The first-order chi connectivity index (χ1) is 8.24. The number of halogens is 1. The molecule has 0 saturated carbocycles. The van der Waals surface area contributed by atoms with E-state index in [1.54, 1.807) is 6.07 Å². The highest BCUT2D eigenvalue weighted by atomic mass is 19.1. The molecule has 17 heavy (non-hydrogen) atoms. The molecular weight excluding hydrogens is 217 g/mol. The molecule has 2 nitrogen and oxygen atoms in total. The van der Waals surface area contributed by atoms with E-state index < -0.39 is 0 Å². The molecule has 1 aromatic carbocycles. The van der Waals surface area contributed by atoms with E-state index in [1.807, 2.05) is 19.2 Å². The summed E-state index contributed by atoms with van der Waals surface area (Å²) in [4.78, 5) is 0. The fourth-order valence-electron chi connectivity index (χ4n) is 2.72. The highest BCUT2D eigenvalue weighted by Gasteiger charge is 2.30. The second-order valence-corrected chi connectivity index (χ2v) is 4.79. The summed E-state index contributed by atoms with van der Waals surface area (Å²) in [6.07, 6.45) is 0.987. The van der Waals surface area contributed by atoms with Gasteiger partial charge in [-0.1, -0.05) is 25.1 Å². The molecule has 0 radical (unpaired) electrons. The van der Waals surface area contributed by atoms with Crippen LogP contribution in [0.4, 0.5) is 4.39 Å². The maximum atomic E-state index is 13.8. The van der Waals surface area contributed by atoms with E-state index in [-0.39, 0.29) is 11.9 Å². The molecule has 1 saturated heterocycles. The zero-order chi connectivity index (χ0) is 12.3. The summed E-state index contributed by atoms with van der Waals surface area (Å²) in [7, 11) is 1.90. The minimum atomic E-state index is -0.120. The molecule has 0 amide bonds. The van der Waals surface area contributed by atoms with Crippen molar-refractivity contribution in [2.45, 2.75) is 19.4 Å². The van der Waals surface area contributed by atoms with Crippen molar-refractivity contribution >= 4 is 0 Å². The van der Waals surface area contributed by atoms with Gasteiger partial charge >= 0.3 is 0 Å². The molecular formula is C14H20FNO. The number of rotatable bonds is 3. The van der Waals surface area contributed by atoms with Gasteiger partial charge in [0, 0.05) is 24.8 Å². The molecule has 1 fully saturated rings. The van der Waals surface area contributed by atoms with Gasteiger partial charge in [-0.05, 0) is 31.4 Å². The predicted octanol–water partition coefficient (Wildman–Crippen LogP) is 2.76. The number of hydrogen-bond acceptors (Lipinski definition) is 2. The molecule has 1 aliphatic rings. The van der Waals surface area contributed by atoms with E-state index >= 15 is 0 Å². The lowest BCUT2D eigenvalue weighted by Crippen LogP contribution is -2.36. The van der Waals surface area contributed by atoms with Gasteiger partial charge < -0.3 is 10.1 Å². The average Bonchev–Trinajstić information content (AvgIpc) is 2.34. The maximum Gasteiger partial charge on any atom is 0.127 e. The molecule has 1 aromatic rings. The van der Waals surface area contributed by atoms with E-state index in [9.17, 15) is 4.39 Å². The smallest absolute Gasteiger partial charge is 0.127 e. The van der Waals surface area contributed by atoms with Crippen LogP contribution in [-0.2, 0) is 4.74 Å². The Bertz CT molecular complexity index is 369. The molecule has 2 rings (SSSR count). The minimum absolute atomic E-state index is 0.0788. The first-order valence-electron chi connectivity index (χ1n) is 6.23. The number of nitrogens with one attached hydrogen (secondary N) is 1. The standard InChI is InChI=1S/C14H20FNO/c1-10-9-17-8-7-11(10)14(16-2)12-5-3-4-6-13(12)15/h3-6,10-11,14,16H,7-9H2,1-2H3. The van der Waals surface area contributed by atoms with Crippen LogP contribution < -0.4 is 5.32 Å². The van der Waals surface area contributed by atoms with Crippen molar-refractivity contribution in [1.29, 1.82) is 0 Å². The van der Waals surface area contributed by atoms with Gasteiger partial charge in [-0.3, -0.25) is 0 Å². The van der Waals surface area contributed by atoms with E-state index in [2.05, 4.69) is 12.2 Å². The molecule has 0 aromatic heterocycles. The van der Waals surface area contributed by atoms with Crippen LogP contribution in [-0.4, -0.2) is 20.3 Å². The monoisotopic (exact) mass is 237 g/mol. The molecule has 3 atom stereocenters. The number of ether oxygens (including phenoxy) is 1. The Labute approximate surface area is 102 Å². The van der Waals surface area contributed by atoms with Gasteiger partial charge in [0.25, 0.3) is 0 Å². The van der Waals surface area contributed by atoms with E-state index in [0.717, 1.165) is 25.2 Å². The first kappa shape index (κ1) is 12.5. The third-order valence-electron chi connectivity index (χ3n) is 3.69. The molecule has 94 valence electrons. The highest BCUT2D eigenvalue weighted by Crippen LogP contribution is 2.34. The van der Waals surface area contributed by atoms with E-state index in [0.29, 0.717) is 11.8 Å². The van der Waals surface area contributed by atoms with Crippen LogP contribution in [0.2, 0.25) is 0 Å². The van der Waals surface area contributed by atoms with Crippen molar-refractivity contribution < 1.29 is 9.13 Å². The Kier molecular flexibility index (Phi) is 4.13. The summed E-state index contributed by atoms with van der Waals surface area (Å²) in [5, 5.41) is 3.26. The third kappa shape index (κ3) is 2.67. The van der Waals surface area contributed by atoms with Gasteiger partial charge in [0.1, 0.15) is 5.82 Å². The Morgan fingerprint density at radius 1 is 1.41 bits per heavy atom. The SMILES string of the molecule is CNC(c1ccccc1F)C1CCOCC1C. The van der Waals surface area contributed by atoms with Crippen LogP contribution in [0.25, 0.3) is 0 Å². The Hall–Kier alpha value is -0.930. The van der Waals surface area contributed by atoms with Gasteiger partial charge in [-0.15, -0.1) is 0 Å². The Balaban J connectivity index is 2.23. The van der Waals surface area contributed by atoms with Gasteiger partial charge in [0.05, 0.1) is 0 Å². The Morgan fingerprint density at radius 2 is 2.18 bits per heavy atom. The number of benzene rings is 1. The molecule has 1 N–H and O–H groups in total. The molecule has 0 spiro atoms. The van der Waals surface area contributed by atoms with Crippen molar-refractivity contribution in [2.75, 3.05) is 20.3 Å². The fraction of sp³-hybridized carbons (Fsp3) is 0.571. The molecule has 3 heteroatoms. The third-order valence-corrected chi connectivity index (χ3v) is 3.69. The van der Waals surface area contributed by atoms with Crippen LogP contribution in [0.1, 0.15) is 24.9 Å². The van der Waals surface area contributed by atoms with Crippen LogP contribution >= 0.6 is 0 Å². The first-order valence-corrected chi connectivity index (χ1v) is 6.23. The number of hydrogen-bond donors (Lipinski definition) is 1. The summed E-state index contributed by atoms with van der Waals surface area (Å²) in [6.45, 7) is 3.73. The van der Waals surface area contributed by atoms with Gasteiger partial charge in [-0.2, -0.15) is 0 Å². The summed E-state index contributed by atoms with van der Waals surface area (Å²) in [5.74, 6) is 0.775. The fourth-order valence-corrected chi connectivity index (χ4v) is 2.72. The second-order valence-electron chi connectivity index (χ2n) is 4.79. The lowest BCUT2D eigenvalue weighted by molar-refractivity contribution is 0.0111. The lowest BCUT2D eigenvalue weighted by Gasteiger charge is -2.35. The summed E-state index contributed by atoms with van der Waals surface area (Å²) in [6, 6.07) is 7.11. The maximum absolute atomic E-state index is 13.8. The summed E-state index contributed by atoms with van der Waals surface area (Å²) >= 11 is 0. The lowest BCUT2D eigenvalue weighted by atomic mass is 9.80. The van der Waals surface area contributed by atoms with Crippen molar-refractivity contribution in [3.8, 4) is 0 Å². The zero-order valence-electron chi connectivity index (χ0n) is 10.4. The van der Waals surface area contributed by atoms with Crippen molar-refractivity contribution in [2.24, 2.45) is 11.8 Å². The minimum Gasteiger partial charge on any atom is -0.381 e. The molecule has 3 unspecified atom stereocenters. The van der Waals surface area contributed by atoms with Crippen molar-refractivity contribution in [3.05, 3.63) is 35.6 Å². The van der Waals surface area contributed by atoms with Crippen LogP contribution in [0.15, 0.2) is 24.3 Å². The average molecular weight is 237 g/mol. The topological polar surface area (TPSA) is 21.3 Å². The van der Waals surface area contributed by atoms with Crippen LogP contribution in [0, 0.1) is 17.7 Å².